The van der Waals surface area contributed by atoms with E-state index in [-0.39, 0.29) is 4.90 Å². The Balaban J connectivity index is 3.24. The number of aliphatic carboxylic acids is 1. The molecule has 1 rings (SSSR count). The van der Waals surface area contributed by atoms with Gasteiger partial charge in [0.25, 0.3) is 0 Å². The van der Waals surface area contributed by atoms with Crippen molar-refractivity contribution in [3.05, 3.63) is 27.1 Å². The number of nitrogens with one attached hydrogen (secondary N) is 1. The fourth-order valence-corrected chi connectivity index (χ4v) is 4.40. The molecule has 0 aliphatic carbocycles. The Bertz CT molecular complexity index is 623. The Hall–Kier alpha value is -0.440. The Kier molecular flexibility index (Phi) is 5.40. The highest BCUT2D eigenvalue weighted by Gasteiger charge is 2.35. The van der Waals surface area contributed by atoms with E-state index in [1.807, 2.05) is 0 Å². The van der Waals surface area contributed by atoms with Crippen molar-refractivity contribution in [2.75, 3.05) is 0 Å². The van der Waals surface area contributed by atoms with Crippen molar-refractivity contribution in [2.45, 2.75) is 31.7 Å². The molecule has 1 aromatic rings. The normalized spacial score (nSPS) is 14.1. The first-order valence-electron chi connectivity index (χ1n) is 5.65. The highest BCUT2D eigenvalue weighted by atomic mass is 79.9. The van der Waals surface area contributed by atoms with Crippen molar-refractivity contribution in [3.8, 4) is 0 Å². The summed E-state index contributed by atoms with van der Waals surface area (Å²) in [5.74, 6) is -1.22. The Morgan fingerprint density at radius 2 is 1.85 bits per heavy atom. The fourth-order valence-electron chi connectivity index (χ4n) is 1.50. The maximum atomic E-state index is 12.3. The molecule has 0 aromatic heterocycles. The van der Waals surface area contributed by atoms with Crippen LogP contribution in [0.15, 0.2) is 32.0 Å². The molecule has 1 unspecified atom stereocenters. The number of carboxylic acids is 1. The summed E-state index contributed by atoms with van der Waals surface area (Å²) in [6.07, 6.45) is 0. The van der Waals surface area contributed by atoms with Crippen LogP contribution >= 0.6 is 31.9 Å². The van der Waals surface area contributed by atoms with Gasteiger partial charge in [-0.15, -0.1) is 0 Å². The van der Waals surface area contributed by atoms with Gasteiger partial charge in [0.2, 0.25) is 10.0 Å². The minimum Gasteiger partial charge on any atom is -0.480 e. The molecule has 20 heavy (non-hydrogen) atoms. The first-order chi connectivity index (χ1) is 8.95. The first-order valence-corrected chi connectivity index (χ1v) is 8.72. The zero-order valence-electron chi connectivity index (χ0n) is 11.1. The van der Waals surface area contributed by atoms with Gasteiger partial charge in [-0.3, -0.25) is 4.79 Å². The molecule has 5 nitrogen and oxygen atoms in total. The maximum Gasteiger partial charge on any atom is 0.322 e. The standard InChI is InChI=1S/C12H15Br2NO4S/c1-12(2,3)10(11(16)17)15-20(18,19)9-6-7(13)4-5-8(9)14/h4-6,10,15H,1-3H3,(H,16,17). The molecule has 0 bridgehead atoms. The molecule has 8 heteroatoms. The minimum absolute atomic E-state index is 0.0117. The van der Waals surface area contributed by atoms with Crippen LogP contribution in [0.4, 0.5) is 0 Å². The van der Waals surface area contributed by atoms with Gasteiger partial charge in [0.05, 0.1) is 4.90 Å². The number of halogens is 2. The molecule has 0 fully saturated rings. The lowest BCUT2D eigenvalue weighted by Gasteiger charge is -2.27. The number of benzene rings is 1. The van der Waals surface area contributed by atoms with E-state index in [4.69, 9.17) is 0 Å². The van der Waals surface area contributed by atoms with Gasteiger partial charge in [0.1, 0.15) is 6.04 Å². The SMILES string of the molecule is CC(C)(C)C(NS(=O)(=O)c1cc(Br)ccc1Br)C(=O)O. The van der Waals surface area contributed by atoms with Gasteiger partial charge in [-0.25, -0.2) is 8.42 Å². The van der Waals surface area contributed by atoms with Crippen molar-refractivity contribution in [1.29, 1.82) is 0 Å². The third-order valence-electron chi connectivity index (χ3n) is 2.57. The van der Waals surface area contributed by atoms with Gasteiger partial charge < -0.3 is 5.11 Å². The topological polar surface area (TPSA) is 83.5 Å². The van der Waals surface area contributed by atoms with E-state index < -0.39 is 27.4 Å². The summed E-state index contributed by atoms with van der Waals surface area (Å²) in [6.45, 7) is 4.97. The summed E-state index contributed by atoms with van der Waals surface area (Å²) < 4.78 is 27.9. The number of carbonyl (C=O) groups is 1. The molecule has 0 saturated heterocycles. The van der Waals surface area contributed by atoms with Gasteiger partial charge in [-0.2, -0.15) is 4.72 Å². The average molecular weight is 429 g/mol. The predicted molar refractivity (Wildman–Crippen MR) is 83.0 cm³/mol. The summed E-state index contributed by atoms with van der Waals surface area (Å²) in [5.41, 5.74) is -0.753. The summed E-state index contributed by atoms with van der Waals surface area (Å²) in [7, 11) is -3.95. The van der Waals surface area contributed by atoms with Crippen LogP contribution < -0.4 is 4.72 Å². The second-order valence-corrected chi connectivity index (χ2v) is 8.79. The summed E-state index contributed by atoms with van der Waals surface area (Å²) in [5, 5.41) is 9.20. The van der Waals surface area contributed by atoms with Crippen molar-refractivity contribution in [3.63, 3.8) is 0 Å². The summed E-state index contributed by atoms with van der Waals surface area (Å²) in [4.78, 5) is 11.2. The number of hydrogen-bond acceptors (Lipinski definition) is 3. The first kappa shape index (κ1) is 17.6. The Labute approximate surface area is 135 Å². The van der Waals surface area contributed by atoms with Gasteiger partial charge in [0.15, 0.2) is 0 Å². The van der Waals surface area contributed by atoms with Crippen LogP contribution in [0.2, 0.25) is 0 Å². The molecule has 112 valence electrons. The van der Waals surface area contributed by atoms with E-state index in [0.717, 1.165) is 0 Å². The monoisotopic (exact) mass is 427 g/mol. The molecular weight excluding hydrogens is 414 g/mol. The molecule has 0 aliphatic rings. The van der Waals surface area contributed by atoms with E-state index in [0.29, 0.717) is 8.95 Å². The third-order valence-corrected chi connectivity index (χ3v) is 5.48. The van der Waals surface area contributed by atoms with Crippen molar-refractivity contribution in [1.82, 2.24) is 4.72 Å². The third kappa shape index (κ3) is 4.28. The predicted octanol–water partition coefficient (Wildman–Crippen LogP) is 2.99. The second kappa shape index (κ2) is 6.13. The van der Waals surface area contributed by atoms with Crippen LogP contribution in [0.1, 0.15) is 20.8 Å². The van der Waals surface area contributed by atoms with Gasteiger partial charge in [0, 0.05) is 8.95 Å². The maximum absolute atomic E-state index is 12.3. The highest BCUT2D eigenvalue weighted by Crippen LogP contribution is 2.27. The van der Waals surface area contributed by atoms with Gasteiger partial charge >= 0.3 is 5.97 Å². The van der Waals surface area contributed by atoms with E-state index in [1.54, 1.807) is 32.9 Å². The van der Waals surface area contributed by atoms with Crippen molar-refractivity contribution in [2.24, 2.45) is 5.41 Å². The molecule has 0 radical (unpaired) electrons. The van der Waals surface area contributed by atoms with Crippen LogP contribution in [0, 0.1) is 5.41 Å². The van der Waals surface area contributed by atoms with Crippen LogP contribution in [0.25, 0.3) is 0 Å². The molecule has 0 heterocycles. The van der Waals surface area contributed by atoms with E-state index >= 15 is 0 Å². The second-order valence-electron chi connectivity index (χ2n) is 5.33. The summed E-state index contributed by atoms with van der Waals surface area (Å²) >= 11 is 6.35. The largest absolute Gasteiger partial charge is 0.480 e. The lowest BCUT2D eigenvalue weighted by molar-refractivity contribution is -0.141. The lowest BCUT2D eigenvalue weighted by atomic mass is 9.88. The molecular formula is C12H15Br2NO4S. The minimum atomic E-state index is -3.95. The Morgan fingerprint density at radius 3 is 2.30 bits per heavy atom. The zero-order chi connectivity index (χ0) is 15.7. The Morgan fingerprint density at radius 1 is 1.30 bits per heavy atom. The number of carboxylic acid groups (broad SMARTS) is 1. The molecule has 2 N–H and O–H groups in total. The smallest absolute Gasteiger partial charge is 0.322 e. The number of sulfonamides is 1. The quantitative estimate of drug-likeness (QED) is 0.771. The van der Waals surface area contributed by atoms with Crippen LogP contribution in [0.3, 0.4) is 0 Å². The highest BCUT2D eigenvalue weighted by molar-refractivity contribution is 9.11. The van der Waals surface area contributed by atoms with Crippen molar-refractivity contribution >= 4 is 47.9 Å². The zero-order valence-corrected chi connectivity index (χ0v) is 15.1. The molecule has 0 aliphatic heterocycles. The van der Waals surface area contributed by atoms with Gasteiger partial charge in [-0.1, -0.05) is 36.7 Å². The number of hydrogen-bond donors (Lipinski definition) is 2. The molecule has 0 saturated carbocycles. The molecule has 1 atom stereocenters. The molecule has 0 spiro atoms. The van der Waals surface area contributed by atoms with E-state index in [2.05, 4.69) is 36.6 Å². The van der Waals surface area contributed by atoms with Crippen molar-refractivity contribution < 1.29 is 18.3 Å². The van der Waals surface area contributed by atoms with Crippen LogP contribution in [-0.4, -0.2) is 25.5 Å². The van der Waals surface area contributed by atoms with Crippen LogP contribution in [0.5, 0.6) is 0 Å². The number of rotatable bonds is 4. The fraction of sp³-hybridized carbons (Fsp3) is 0.417. The molecule has 0 amide bonds. The van der Waals surface area contributed by atoms with Gasteiger partial charge in [-0.05, 0) is 39.5 Å². The van der Waals surface area contributed by atoms with Crippen LogP contribution in [-0.2, 0) is 14.8 Å². The molecule has 1 aromatic carbocycles. The van der Waals surface area contributed by atoms with E-state index in [9.17, 15) is 18.3 Å². The lowest BCUT2D eigenvalue weighted by Crippen LogP contribution is -2.49. The summed E-state index contributed by atoms with van der Waals surface area (Å²) in [6, 6.07) is 3.44. The van der Waals surface area contributed by atoms with E-state index in [1.165, 1.54) is 6.07 Å². The average Bonchev–Trinajstić information content (AvgIpc) is 2.27.